The maximum absolute atomic E-state index is 12.0. The van der Waals surface area contributed by atoms with Crippen LogP contribution in [0.2, 0.25) is 0 Å². The Hall–Kier alpha value is -2.43. The van der Waals surface area contributed by atoms with E-state index in [4.69, 9.17) is 0 Å². The van der Waals surface area contributed by atoms with Gasteiger partial charge in [-0.2, -0.15) is 0 Å². The first kappa shape index (κ1) is 19.9. The molecular weight excluding hydrogens is 378 g/mol. The summed E-state index contributed by atoms with van der Waals surface area (Å²) in [6.45, 7) is 0. The van der Waals surface area contributed by atoms with Gasteiger partial charge in [-0.1, -0.05) is 12.1 Å². The fourth-order valence-electron chi connectivity index (χ4n) is 1.99. The lowest BCUT2D eigenvalue weighted by molar-refractivity contribution is -0.387. The van der Waals surface area contributed by atoms with Crippen molar-refractivity contribution < 1.29 is 18.1 Å². The molecule has 0 radical (unpaired) electrons. The molecule has 8 nitrogen and oxygen atoms in total. The molecule has 0 unspecified atom stereocenters. The summed E-state index contributed by atoms with van der Waals surface area (Å²) in [4.78, 5) is 23.0. The molecule has 2 aromatic rings. The normalized spacial score (nSPS) is 11.3. The van der Waals surface area contributed by atoms with Crippen molar-refractivity contribution in [3.63, 3.8) is 0 Å². The van der Waals surface area contributed by atoms with Crippen LogP contribution in [0.15, 0.2) is 58.3 Å². The summed E-state index contributed by atoms with van der Waals surface area (Å²) in [5.74, 6) is -0.362. The highest BCUT2D eigenvalue weighted by molar-refractivity contribution is 8.00. The monoisotopic (exact) mass is 395 g/mol. The average molecular weight is 395 g/mol. The Morgan fingerprint density at radius 1 is 1.15 bits per heavy atom. The van der Waals surface area contributed by atoms with E-state index in [0.29, 0.717) is 10.6 Å². The lowest BCUT2D eigenvalue weighted by Crippen LogP contribution is -2.22. The summed E-state index contributed by atoms with van der Waals surface area (Å²) in [5, 5.41) is 13.6. The zero-order valence-electron chi connectivity index (χ0n) is 14.1. The SMILES string of the molecule is CN(C)S(=O)(=O)c1ccc(NC(=O)CSc2ccccc2[N+](=O)[O-])cc1. The van der Waals surface area contributed by atoms with Crippen molar-refractivity contribution in [1.82, 2.24) is 4.31 Å². The highest BCUT2D eigenvalue weighted by Gasteiger charge is 2.17. The van der Waals surface area contributed by atoms with Crippen molar-refractivity contribution in [2.75, 3.05) is 25.2 Å². The third-order valence-electron chi connectivity index (χ3n) is 3.34. The van der Waals surface area contributed by atoms with E-state index in [0.717, 1.165) is 16.1 Å². The second-order valence-electron chi connectivity index (χ2n) is 5.37. The number of nitrogens with zero attached hydrogens (tertiary/aromatic N) is 2. The molecule has 0 aliphatic carbocycles. The molecule has 26 heavy (non-hydrogen) atoms. The van der Waals surface area contributed by atoms with Gasteiger partial charge >= 0.3 is 0 Å². The van der Waals surface area contributed by atoms with Gasteiger partial charge in [0.2, 0.25) is 15.9 Å². The highest BCUT2D eigenvalue weighted by Crippen LogP contribution is 2.28. The molecule has 0 bridgehead atoms. The number of carbonyl (C=O) groups is 1. The van der Waals surface area contributed by atoms with E-state index in [2.05, 4.69) is 5.32 Å². The van der Waals surface area contributed by atoms with Crippen molar-refractivity contribution in [2.24, 2.45) is 0 Å². The number of sulfonamides is 1. The molecule has 0 heterocycles. The van der Waals surface area contributed by atoms with E-state index in [-0.39, 0.29) is 22.2 Å². The Morgan fingerprint density at radius 2 is 1.77 bits per heavy atom. The third-order valence-corrected chi connectivity index (χ3v) is 6.23. The van der Waals surface area contributed by atoms with Gasteiger partial charge in [-0.25, -0.2) is 12.7 Å². The Labute approximate surface area is 155 Å². The van der Waals surface area contributed by atoms with Crippen LogP contribution in [0.4, 0.5) is 11.4 Å². The first-order valence-corrected chi connectivity index (χ1v) is 9.83. The molecule has 138 valence electrons. The van der Waals surface area contributed by atoms with Crippen LogP contribution >= 0.6 is 11.8 Å². The Bertz CT molecular complexity index is 912. The predicted molar refractivity (Wildman–Crippen MR) is 99.8 cm³/mol. The molecule has 2 aromatic carbocycles. The molecule has 0 aliphatic rings. The van der Waals surface area contributed by atoms with Crippen molar-refractivity contribution in [1.29, 1.82) is 0 Å². The minimum absolute atomic E-state index is 0.0113. The van der Waals surface area contributed by atoms with E-state index in [1.807, 2.05) is 0 Å². The van der Waals surface area contributed by atoms with E-state index >= 15 is 0 Å². The van der Waals surface area contributed by atoms with Gasteiger partial charge in [0.1, 0.15) is 0 Å². The number of nitro benzene ring substituents is 1. The van der Waals surface area contributed by atoms with Crippen molar-refractivity contribution >= 4 is 39.1 Å². The number of para-hydroxylation sites is 1. The Morgan fingerprint density at radius 3 is 2.35 bits per heavy atom. The summed E-state index contributed by atoms with van der Waals surface area (Å²) in [5.41, 5.74) is 0.388. The van der Waals surface area contributed by atoms with Crippen LogP contribution in [0.3, 0.4) is 0 Å². The molecule has 0 aliphatic heterocycles. The number of hydrogen-bond acceptors (Lipinski definition) is 6. The quantitative estimate of drug-likeness (QED) is 0.438. The van der Waals surface area contributed by atoms with Gasteiger partial charge in [0.05, 0.1) is 20.5 Å². The molecule has 10 heteroatoms. The van der Waals surface area contributed by atoms with Gasteiger partial charge in [0, 0.05) is 25.8 Å². The van der Waals surface area contributed by atoms with Gasteiger partial charge < -0.3 is 5.32 Å². The van der Waals surface area contributed by atoms with E-state index < -0.39 is 14.9 Å². The topological polar surface area (TPSA) is 110 Å². The first-order chi connectivity index (χ1) is 12.2. The molecule has 0 spiro atoms. The van der Waals surface area contributed by atoms with Crippen LogP contribution in [-0.2, 0) is 14.8 Å². The standard InChI is InChI=1S/C16H17N3O5S2/c1-18(2)26(23,24)13-9-7-12(8-10-13)17-16(20)11-25-15-6-4-3-5-14(15)19(21)22/h3-10H,11H2,1-2H3,(H,17,20). The number of nitro groups is 1. The van der Waals surface area contributed by atoms with Gasteiger partial charge in [-0.15, -0.1) is 11.8 Å². The zero-order chi connectivity index (χ0) is 19.3. The molecule has 0 aromatic heterocycles. The maximum Gasteiger partial charge on any atom is 0.282 e. The van der Waals surface area contributed by atoms with Crippen LogP contribution in [0, 0.1) is 10.1 Å². The second-order valence-corrected chi connectivity index (χ2v) is 8.54. The number of thioether (sulfide) groups is 1. The number of hydrogen-bond donors (Lipinski definition) is 1. The molecule has 0 atom stereocenters. The molecule has 2 rings (SSSR count). The summed E-state index contributed by atoms with van der Waals surface area (Å²) in [7, 11) is -0.658. The number of rotatable bonds is 7. The van der Waals surface area contributed by atoms with Gasteiger partial charge in [-0.3, -0.25) is 14.9 Å². The predicted octanol–water partition coefficient (Wildman–Crippen LogP) is 2.58. The number of amides is 1. The third kappa shape index (κ3) is 4.81. The van der Waals surface area contributed by atoms with Crippen LogP contribution in [0.1, 0.15) is 0 Å². The van der Waals surface area contributed by atoms with Crippen molar-refractivity contribution in [3.05, 3.63) is 58.6 Å². The smallest absolute Gasteiger partial charge is 0.282 e. The number of benzene rings is 2. The van der Waals surface area contributed by atoms with E-state index in [9.17, 15) is 23.3 Å². The lowest BCUT2D eigenvalue weighted by atomic mass is 10.3. The fourth-order valence-corrected chi connectivity index (χ4v) is 3.72. The second kappa shape index (κ2) is 8.30. The summed E-state index contributed by atoms with van der Waals surface area (Å²) in [6, 6.07) is 12.0. The summed E-state index contributed by atoms with van der Waals surface area (Å²) < 4.78 is 25.1. The Kier molecular flexibility index (Phi) is 6.35. The fraction of sp³-hybridized carbons (Fsp3) is 0.188. The lowest BCUT2D eigenvalue weighted by Gasteiger charge is -2.12. The van der Waals surface area contributed by atoms with E-state index in [1.165, 1.54) is 44.4 Å². The van der Waals surface area contributed by atoms with Crippen LogP contribution < -0.4 is 5.32 Å². The highest BCUT2D eigenvalue weighted by atomic mass is 32.2. The summed E-state index contributed by atoms with van der Waals surface area (Å²) in [6.07, 6.45) is 0. The number of carbonyl (C=O) groups excluding carboxylic acids is 1. The zero-order valence-corrected chi connectivity index (χ0v) is 15.7. The van der Waals surface area contributed by atoms with Crippen LogP contribution in [0.5, 0.6) is 0 Å². The molecule has 0 fully saturated rings. The minimum atomic E-state index is -3.53. The van der Waals surface area contributed by atoms with E-state index in [1.54, 1.807) is 18.2 Å². The van der Waals surface area contributed by atoms with Crippen LogP contribution in [-0.4, -0.2) is 43.4 Å². The Balaban J connectivity index is 2.00. The van der Waals surface area contributed by atoms with Gasteiger partial charge in [0.15, 0.2) is 0 Å². The van der Waals surface area contributed by atoms with Gasteiger partial charge in [-0.05, 0) is 30.3 Å². The van der Waals surface area contributed by atoms with Crippen molar-refractivity contribution in [3.8, 4) is 0 Å². The molecule has 0 saturated heterocycles. The molecular formula is C16H17N3O5S2. The number of anilines is 1. The maximum atomic E-state index is 12.0. The van der Waals surface area contributed by atoms with Crippen molar-refractivity contribution in [2.45, 2.75) is 9.79 Å². The molecule has 1 N–H and O–H groups in total. The average Bonchev–Trinajstić information content (AvgIpc) is 2.60. The largest absolute Gasteiger partial charge is 0.325 e. The van der Waals surface area contributed by atoms with Gasteiger partial charge in [0.25, 0.3) is 5.69 Å². The molecule has 0 saturated carbocycles. The number of nitrogens with one attached hydrogen (secondary N) is 1. The summed E-state index contributed by atoms with van der Waals surface area (Å²) >= 11 is 1.06. The minimum Gasteiger partial charge on any atom is -0.325 e. The molecule has 1 amide bonds. The first-order valence-electron chi connectivity index (χ1n) is 7.40. The van der Waals surface area contributed by atoms with Crippen LogP contribution in [0.25, 0.3) is 0 Å².